The van der Waals surface area contributed by atoms with E-state index in [9.17, 15) is 14.3 Å². The zero-order chi connectivity index (χ0) is 14.6. The zero-order valence-corrected chi connectivity index (χ0v) is 11.3. The lowest BCUT2D eigenvalue weighted by Gasteiger charge is -2.16. The van der Waals surface area contributed by atoms with Crippen molar-refractivity contribution in [3.8, 4) is 0 Å². The Morgan fingerprint density at radius 2 is 1.94 bits per heavy atom. The third-order valence-corrected chi connectivity index (χ3v) is 4.23. The molecule has 0 radical (unpaired) electrons. The van der Waals surface area contributed by atoms with Crippen molar-refractivity contribution in [2.24, 2.45) is 11.7 Å². The molecule has 0 aliphatic carbocycles. The topological polar surface area (TPSA) is 135 Å². The Kier molecular flexibility index (Phi) is 11.9. The van der Waals surface area contributed by atoms with Gasteiger partial charge in [0.2, 0.25) is 7.37 Å². The second-order valence-electron chi connectivity index (χ2n) is 3.80. The molecule has 0 fully saturated rings. The van der Waals surface area contributed by atoms with Crippen LogP contribution in [0.1, 0.15) is 26.2 Å². The second-order valence-corrected chi connectivity index (χ2v) is 6.31. The molecule has 2 unspecified atom stereocenters. The van der Waals surface area contributed by atoms with Crippen LogP contribution in [0.4, 0.5) is 0 Å². The van der Waals surface area contributed by atoms with Gasteiger partial charge < -0.3 is 15.7 Å². The molecule has 4 N–H and O–H groups in total. The first-order chi connectivity index (χ1) is 8.34. The van der Waals surface area contributed by atoms with E-state index in [0.717, 1.165) is 0 Å². The van der Waals surface area contributed by atoms with Gasteiger partial charge in [-0.25, -0.2) is 0 Å². The van der Waals surface area contributed by atoms with E-state index in [1.165, 1.54) is 0 Å². The van der Waals surface area contributed by atoms with Crippen LogP contribution < -0.4 is 5.73 Å². The van der Waals surface area contributed by atoms with Crippen molar-refractivity contribution in [3.05, 3.63) is 0 Å². The van der Waals surface area contributed by atoms with Crippen LogP contribution in [-0.2, 0) is 18.9 Å². The fourth-order valence-corrected chi connectivity index (χ4v) is 3.30. The summed E-state index contributed by atoms with van der Waals surface area (Å²) in [6, 6.07) is 0. The predicted octanol–water partition coefficient (Wildman–Crippen LogP) is 0.523. The number of carboxylic acid groups (broad SMARTS) is 1. The van der Waals surface area contributed by atoms with Crippen molar-refractivity contribution >= 4 is 19.5 Å². The molecule has 0 aromatic carbocycles. The van der Waals surface area contributed by atoms with Gasteiger partial charge in [0, 0.05) is 12.3 Å². The van der Waals surface area contributed by atoms with E-state index in [-0.39, 0.29) is 18.5 Å². The minimum Gasteiger partial charge on any atom is -0.481 e. The van der Waals surface area contributed by atoms with Gasteiger partial charge in [-0.15, -0.1) is 0 Å². The summed E-state index contributed by atoms with van der Waals surface area (Å²) in [5.74, 6) is -1.69. The molecule has 0 aliphatic rings. The first kappa shape index (κ1) is 19.3. The van der Waals surface area contributed by atoms with Gasteiger partial charge in [0.25, 0.3) is 0 Å². The fraction of sp³-hybridized carbons (Fsp3) is 0.800. The molecule has 0 saturated heterocycles. The molecule has 0 amide bonds. The molecule has 0 aliphatic heterocycles. The number of rotatable bonds is 8. The third kappa shape index (κ3) is 11.5. The molecule has 0 heterocycles. The van der Waals surface area contributed by atoms with Crippen LogP contribution in [0.25, 0.3) is 0 Å². The van der Waals surface area contributed by atoms with Crippen LogP contribution in [0.2, 0.25) is 0 Å². The monoisotopic (exact) mass is 281 g/mol. The Labute approximate surface area is 106 Å². The molecule has 0 aromatic heterocycles. The third-order valence-electron chi connectivity index (χ3n) is 2.20. The van der Waals surface area contributed by atoms with Crippen molar-refractivity contribution in [2.45, 2.75) is 26.2 Å². The van der Waals surface area contributed by atoms with Crippen LogP contribution in [-0.4, -0.2) is 41.0 Å². The highest BCUT2D eigenvalue weighted by molar-refractivity contribution is 7.58. The summed E-state index contributed by atoms with van der Waals surface area (Å²) in [5, 5.41) is 8.84. The molecule has 0 spiro atoms. The van der Waals surface area contributed by atoms with E-state index in [1.54, 1.807) is 0 Å². The SMILES string of the molecule is CCCC(CP(=O)(O)CCCN)C(=O)O.O=C=O. The van der Waals surface area contributed by atoms with Crippen LogP contribution in [0, 0.1) is 5.92 Å². The molecule has 0 rings (SSSR count). The molecule has 0 saturated carbocycles. The molecule has 0 aromatic rings. The lowest BCUT2D eigenvalue weighted by atomic mass is 10.1. The van der Waals surface area contributed by atoms with E-state index in [1.807, 2.05) is 6.92 Å². The number of nitrogens with two attached hydrogens (primary N) is 1. The number of carbonyl (C=O) groups excluding carboxylic acids is 2. The first-order valence-corrected chi connectivity index (χ1v) is 7.60. The van der Waals surface area contributed by atoms with Gasteiger partial charge in [0.05, 0.1) is 5.92 Å². The highest BCUT2D eigenvalue weighted by Gasteiger charge is 2.27. The minimum absolute atomic E-state index is 0.122. The molecule has 18 heavy (non-hydrogen) atoms. The van der Waals surface area contributed by atoms with Crippen molar-refractivity contribution in [2.75, 3.05) is 18.9 Å². The maximum absolute atomic E-state index is 11.6. The fourth-order valence-electron chi connectivity index (χ4n) is 1.42. The van der Waals surface area contributed by atoms with Crippen molar-refractivity contribution < 1.29 is 28.9 Å². The Bertz CT molecular complexity index is 313. The lowest BCUT2D eigenvalue weighted by Crippen LogP contribution is -2.19. The van der Waals surface area contributed by atoms with Crippen molar-refractivity contribution in [1.82, 2.24) is 0 Å². The van der Waals surface area contributed by atoms with Crippen LogP contribution in [0.15, 0.2) is 0 Å². The molecular formula is C10H20NO6P. The van der Waals surface area contributed by atoms with Crippen LogP contribution >= 0.6 is 7.37 Å². The second kappa shape index (κ2) is 11.1. The number of carboxylic acids is 1. The summed E-state index contributed by atoms with van der Waals surface area (Å²) in [5.41, 5.74) is 5.24. The van der Waals surface area contributed by atoms with E-state index in [2.05, 4.69) is 0 Å². The Hall–Kier alpha value is -1.00. The molecule has 7 nitrogen and oxygen atoms in total. The van der Waals surface area contributed by atoms with Gasteiger partial charge in [0.15, 0.2) is 0 Å². The zero-order valence-electron chi connectivity index (χ0n) is 10.4. The van der Waals surface area contributed by atoms with E-state index in [0.29, 0.717) is 25.8 Å². The molecule has 0 bridgehead atoms. The normalized spacial score (nSPS) is 14.6. The van der Waals surface area contributed by atoms with E-state index >= 15 is 0 Å². The number of aliphatic carboxylic acids is 1. The Morgan fingerprint density at radius 3 is 2.28 bits per heavy atom. The first-order valence-electron chi connectivity index (χ1n) is 5.57. The minimum atomic E-state index is -3.31. The number of hydrogen-bond acceptors (Lipinski definition) is 5. The average Bonchev–Trinajstić information content (AvgIpc) is 2.26. The van der Waals surface area contributed by atoms with Gasteiger partial charge in [-0.05, 0) is 19.4 Å². The maximum atomic E-state index is 11.6. The van der Waals surface area contributed by atoms with E-state index in [4.69, 9.17) is 20.4 Å². The van der Waals surface area contributed by atoms with Crippen molar-refractivity contribution in [3.63, 3.8) is 0 Å². The van der Waals surface area contributed by atoms with Crippen LogP contribution in [0.5, 0.6) is 0 Å². The number of hydrogen-bond donors (Lipinski definition) is 3. The molecule has 8 heteroatoms. The highest BCUT2D eigenvalue weighted by atomic mass is 31.2. The summed E-state index contributed by atoms with van der Waals surface area (Å²) < 4.78 is 11.6. The quantitative estimate of drug-likeness (QED) is 0.552. The van der Waals surface area contributed by atoms with Gasteiger partial charge in [-0.1, -0.05) is 13.3 Å². The summed E-state index contributed by atoms with van der Waals surface area (Å²) in [6.07, 6.45) is 1.86. The lowest BCUT2D eigenvalue weighted by molar-refractivity contribution is -0.191. The molecule has 2 atom stereocenters. The summed E-state index contributed by atoms with van der Waals surface area (Å²) >= 11 is 0. The average molecular weight is 281 g/mol. The van der Waals surface area contributed by atoms with Gasteiger partial charge in [0.1, 0.15) is 0 Å². The van der Waals surface area contributed by atoms with Gasteiger partial charge >= 0.3 is 12.1 Å². The smallest absolute Gasteiger partial charge is 0.373 e. The Balaban J connectivity index is 0. The summed E-state index contributed by atoms with van der Waals surface area (Å²) in [4.78, 5) is 36.6. The predicted molar refractivity (Wildman–Crippen MR) is 64.3 cm³/mol. The number of carbonyl (C=O) groups is 1. The van der Waals surface area contributed by atoms with Crippen molar-refractivity contribution in [1.29, 1.82) is 0 Å². The van der Waals surface area contributed by atoms with Gasteiger partial charge in [-0.3, -0.25) is 9.36 Å². The highest BCUT2D eigenvalue weighted by Crippen LogP contribution is 2.43. The summed E-state index contributed by atoms with van der Waals surface area (Å²) in [6.45, 7) is 2.22. The van der Waals surface area contributed by atoms with Crippen LogP contribution in [0.3, 0.4) is 0 Å². The maximum Gasteiger partial charge on any atom is 0.373 e. The summed E-state index contributed by atoms with van der Waals surface area (Å²) in [7, 11) is -3.31. The largest absolute Gasteiger partial charge is 0.481 e. The standard InChI is InChI=1S/C9H20NO4P.CO2/c1-2-4-8(9(11)12)7-15(13,14)6-3-5-10;2-1-3/h8H,2-7,10H2,1H3,(H,11,12)(H,13,14);. The Morgan fingerprint density at radius 1 is 1.44 bits per heavy atom. The molecular weight excluding hydrogens is 261 g/mol. The van der Waals surface area contributed by atoms with E-state index < -0.39 is 19.3 Å². The molecule has 106 valence electrons. The van der Waals surface area contributed by atoms with Gasteiger partial charge in [-0.2, -0.15) is 9.59 Å².